The fourth-order valence-corrected chi connectivity index (χ4v) is 2.65. The smallest absolute Gasteiger partial charge is 0.141 e. The van der Waals surface area contributed by atoms with E-state index in [0.29, 0.717) is 22.1 Å². The fourth-order valence-electron chi connectivity index (χ4n) is 1.43. The van der Waals surface area contributed by atoms with Crippen molar-refractivity contribution in [3.63, 3.8) is 0 Å². The molecule has 0 saturated heterocycles. The van der Waals surface area contributed by atoms with Gasteiger partial charge < -0.3 is 10.5 Å². The van der Waals surface area contributed by atoms with Crippen molar-refractivity contribution in [1.29, 1.82) is 5.41 Å². The third kappa shape index (κ3) is 3.49. The molecule has 0 radical (unpaired) electrons. The van der Waals surface area contributed by atoms with Crippen LogP contribution >= 0.6 is 43.5 Å². The number of nitrogens with one attached hydrogen (secondary N) is 1. The number of benzene rings is 2. The van der Waals surface area contributed by atoms with Crippen LogP contribution < -0.4 is 10.5 Å². The molecule has 98 valence electrons. The van der Waals surface area contributed by atoms with Crippen molar-refractivity contribution in [1.82, 2.24) is 0 Å². The molecule has 2 rings (SSSR count). The second kappa shape index (κ2) is 5.94. The molecule has 0 fully saturated rings. The van der Waals surface area contributed by atoms with Gasteiger partial charge >= 0.3 is 0 Å². The Labute approximate surface area is 132 Å². The number of rotatable bonds is 3. The van der Waals surface area contributed by atoms with Crippen molar-refractivity contribution in [3.05, 3.63) is 55.9 Å². The average molecular weight is 404 g/mol. The molecule has 0 aliphatic heterocycles. The van der Waals surface area contributed by atoms with Gasteiger partial charge in [0, 0.05) is 10.6 Å². The number of nitrogen functional groups attached to an aromatic ring is 1. The summed E-state index contributed by atoms with van der Waals surface area (Å²) in [6, 6.07) is 10.5. The molecule has 3 nitrogen and oxygen atoms in total. The predicted molar refractivity (Wildman–Crippen MR) is 84.4 cm³/mol. The van der Waals surface area contributed by atoms with E-state index in [2.05, 4.69) is 31.9 Å². The maximum atomic E-state index is 7.38. The van der Waals surface area contributed by atoms with E-state index in [9.17, 15) is 0 Å². The predicted octanol–water partition coefficient (Wildman–Crippen LogP) is 4.94. The van der Waals surface area contributed by atoms with Gasteiger partial charge in [0.25, 0.3) is 0 Å². The van der Waals surface area contributed by atoms with Gasteiger partial charge in [-0.15, -0.1) is 0 Å². The van der Waals surface area contributed by atoms with Crippen LogP contribution in [0, 0.1) is 5.41 Å². The van der Waals surface area contributed by atoms with Gasteiger partial charge in [-0.05, 0) is 68.3 Å². The minimum atomic E-state index is 0.0138. The Morgan fingerprint density at radius 3 is 2.16 bits per heavy atom. The summed E-state index contributed by atoms with van der Waals surface area (Å²) >= 11 is 12.7. The molecular weight excluding hydrogens is 395 g/mol. The maximum absolute atomic E-state index is 7.38. The lowest BCUT2D eigenvalue weighted by molar-refractivity contribution is 0.476. The van der Waals surface area contributed by atoms with E-state index < -0.39 is 0 Å². The first kappa shape index (κ1) is 14.4. The first-order valence-corrected chi connectivity index (χ1v) is 7.20. The normalized spacial score (nSPS) is 10.3. The summed E-state index contributed by atoms with van der Waals surface area (Å²) < 4.78 is 7.26. The molecule has 0 heterocycles. The van der Waals surface area contributed by atoms with Crippen LogP contribution in [0.15, 0.2) is 45.3 Å². The second-order valence-corrected chi connectivity index (χ2v) is 5.88. The fraction of sp³-hybridized carbons (Fsp3) is 0. The number of nitrogens with two attached hydrogens (primary N) is 1. The lowest BCUT2D eigenvalue weighted by Crippen LogP contribution is -2.10. The summed E-state index contributed by atoms with van der Waals surface area (Å²) in [6.45, 7) is 0. The minimum absolute atomic E-state index is 0.0138. The maximum Gasteiger partial charge on any atom is 0.141 e. The monoisotopic (exact) mass is 402 g/mol. The molecule has 19 heavy (non-hydrogen) atoms. The molecule has 0 aliphatic rings. The Balaban J connectivity index is 2.31. The highest BCUT2D eigenvalue weighted by atomic mass is 79.9. The Morgan fingerprint density at radius 1 is 1.05 bits per heavy atom. The molecule has 2 aromatic rings. The summed E-state index contributed by atoms with van der Waals surface area (Å²) in [6.07, 6.45) is 0. The second-order valence-electron chi connectivity index (χ2n) is 3.74. The Morgan fingerprint density at radius 2 is 1.63 bits per heavy atom. The van der Waals surface area contributed by atoms with Crippen molar-refractivity contribution in [2.75, 3.05) is 0 Å². The number of ether oxygens (including phenoxy) is 1. The van der Waals surface area contributed by atoms with Crippen LogP contribution in [0.3, 0.4) is 0 Å². The topological polar surface area (TPSA) is 59.1 Å². The standard InChI is InChI=1S/C13H9Br2ClN2O/c14-9-5-7(13(17)18)1-3-11(9)19-12-4-2-8(16)6-10(12)15/h1-6H,(H3,17,18). The van der Waals surface area contributed by atoms with Crippen LogP contribution in [0.5, 0.6) is 11.5 Å². The first-order chi connectivity index (χ1) is 8.97. The molecule has 0 aromatic heterocycles. The molecule has 0 atom stereocenters. The van der Waals surface area contributed by atoms with Crippen molar-refractivity contribution >= 4 is 49.3 Å². The highest BCUT2D eigenvalue weighted by Crippen LogP contribution is 2.35. The van der Waals surface area contributed by atoms with Crippen molar-refractivity contribution < 1.29 is 4.74 Å². The third-order valence-electron chi connectivity index (χ3n) is 2.36. The molecule has 0 spiro atoms. The number of halogens is 3. The van der Waals surface area contributed by atoms with Crippen LogP contribution in [-0.4, -0.2) is 5.84 Å². The highest BCUT2D eigenvalue weighted by Gasteiger charge is 2.08. The van der Waals surface area contributed by atoms with Gasteiger partial charge in [0.1, 0.15) is 17.3 Å². The van der Waals surface area contributed by atoms with Crippen LogP contribution in [0.25, 0.3) is 0 Å². The summed E-state index contributed by atoms with van der Waals surface area (Å²) in [5.74, 6) is 1.30. The van der Waals surface area contributed by atoms with Gasteiger partial charge in [0.15, 0.2) is 0 Å². The van der Waals surface area contributed by atoms with Crippen LogP contribution in [-0.2, 0) is 0 Å². The average Bonchev–Trinajstić information content (AvgIpc) is 2.34. The zero-order valence-corrected chi connectivity index (χ0v) is 13.5. The largest absolute Gasteiger partial charge is 0.455 e. The van der Waals surface area contributed by atoms with E-state index in [4.69, 9.17) is 27.5 Å². The SMILES string of the molecule is N=C(N)c1ccc(Oc2ccc(Cl)cc2Br)c(Br)c1. The molecule has 0 bridgehead atoms. The van der Waals surface area contributed by atoms with Gasteiger partial charge in [-0.3, -0.25) is 5.41 Å². The summed E-state index contributed by atoms with van der Waals surface area (Å²) in [7, 11) is 0. The third-order valence-corrected chi connectivity index (χ3v) is 3.83. The van der Waals surface area contributed by atoms with Crippen LogP contribution in [0.1, 0.15) is 5.56 Å². The van der Waals surface area contributed by atoms with E-state index in [0.717, 1.165) is 8.95 Å². The quantitative estimate of drug-likeness (QED) is 0.562. The molecule has 0 unspecified atom stereocenters. The Bertz CT molecular complexity index is 647. The molecule has 2 aromatic carbocycles. The number of hydrogen-bond donors (Lipinski definition) is 2. The van der Waals surface area contributed by atoms with Gasteiger partial charge in [-0.25, -0.2) is 0 Å². The van der Waals surface area contributed by atoms with E-state index in [1.54, 1.807) is 36.4 Å². The van der Waals surface area contributed by atoms with E-state index in [1.165, 1.54) is 0 Å². The number of amidine groups is 1. The molecule has 0 aliphatic carbocycles. The van der Waals surface area contributed by atoms with Crippen molar-refractivity contribution in [2.24, 2.45) is 5.73 Å². The summed E-state index contributed by atoms with van der Waals surface area (Å²) in [5, 5.41) is 8.01. The molecule has 0 saturated carbocycles. The summed E-state index contributed by atoms with van der Waals surface area (Å²) in [5.41, 5.74) is 6.06. The molecule has 0 amide bonds. The van der Waals surface area contributed by atoms with Gasteiger partial charge in [0.05, 0.1) is 8.95 Å². The molecule has 6 heteroatoms. The van der Waals surface area contributed by atoms with Crippen molar-refractivity contribution in [2.45, 2.75) is 0 Å². The Kier molecular flexibility index (Phi) is 4.50. The summed E-state index contributed by atoms with van der Waals surface area (Å²) in [4.78, 5) is 0. The highest BCUT2D eigenvalue weighted by molar-refractivity contribution is 9.11. The van der Waals surface area contributed by atoms with Crippen molar-refractivity contribution in [3.8, 4) is 11.5 Å². The van der Waals surface area contributed by atoms with Gasteiger partial charge in [-0.1, -0.05) is 11.6 Å². The van der Waals surface area contributed by atoms with Crippen LogP contribution in [0.4, 0.5) is 0 Å². The minimum Gasteiger partial charge on any atom is -0.455 e. The number of hydrogen-bond acceptors (Lipinski definition) is 2. The van der Waals surface area contributed by atoms with E-state index in [-0.39, 0.29) is 5.84 Å². The zero-order chi connectivity index (χ0) is 14.0. The molecular formula is C13H9Br2ClN2O. The van der Waals surface area contributed by atoms with E-state index in [1.807, 2.05) is 0 Å². The lowest BCUT2D eigenvalue weighted by Gasteiger charge is -2.10. The Hall–Kier alpha value is -1.04. The lowest BCUT2D eigenvalue weighted by atomic mass is 10.2. The first-order valence-electron chi connectivity index (χ1n) is 5.24. The zero-order valence-electron chi connectivity index (χ0n) is 9.58. The van der Waals surface area contributed by atoms with E-state index >= 15 is 0 Å². The van der Waals surface area contributed by atoms with Gasteiger partial charge in [0.2, 0.25) is 0 Å². The molecule has 3 N–H and O–H groups in total. The van der Waals surface area contributed by atoms with Crippen LogP contribution in [0.2, 0.25) is 5.02 Å². The van der Waals surface area contributed by atoms with Gasteiger partial charge in [-0.2, -0.15) is 0 Å².